The fourth-order valence-corrected chi connectivity index (χ4v) is 3.48. The SMILES string of the molecule is O=C(NCCCCCCNC(=O)Oc1ccc2ccc(=O)oc2c1)Oc1ccc2ccc(=O)oc2c1. The molecule has 2 heterocycles. The van der Waals surface area contributed by atoms with Gasteiger partial charge in [-0.1, -0.05) is 12.8 Å². The largest absolute Gasteiger partial charge is 0.423 e. The van der Waals surface area contributed by atoms with E-state index in [2.05, 4.69) is 10.6 Å². The second-order valence-corrected chi connectivity index (χ2v) is 7.95. The van der Waals surface area contributed by atoms with Gasteiger partial charge in [-0.15, -0.1) is 0 Å². The minimum Gasteiger partial charge on any atom is -0.423 e. The van der Waals surface area contributed by atoms with Crippen molar-refractivity contribution in [1.29, 1.82) is 0 Å². The van der Waals surface area contributed by atoms with Gasteiger partial charge in [0, 0.05) is 48.1 Å². The van der Waals surface area contributed by atoms with E-state index >= 15 is 0 Å². The van der Waals surface area contributed by atoms with Crippen LogP contribution in [0.15, 0.2) is 79.1 Å². The molecule has 0 fully saturated rings. The first-order valence-corrected chi connectivity index (χ1v) is 11.5. The summed E-state index contributed by atoms with van der Waals surface area (Å²) in [6.45, 7) is 0.879. The Morgan fingerprint density at radius 2 is 1.03 bits per heavy atom. The molecule has 4 rings (SSSR count). The molecule has 0 aliphatic rings. The third kappa shape index (κ3) is 6.95. The number of carbonyl (C=O) groups excluding carboxylic acids is 2. The van der Waals surface area contributed by atoms with Crippen LogP contribution in [0.3, 0.4) is 0 Å². The van der Waals surface area contributed by atoms with Crippen LogP contribution in [0, 0.1) is 0 Å². The minimum atomic E-state index is -0.593. The van der Waals surface area contributed by atoms with Crippen LogP contribution in [-0.2, 0) is 0 Å². The number of ether oxygens (including phenoxy) is 2. The van der Waals surface area contributed by atoms with Crippen molar-refractivity contribution < 1.29 is 27.9 Å². The van der Waals surface area contributed by atoms with Crippen LogP contribution in [0.4, 0.5) is 9.59 Å². The number of nitrogens with one attached hydrogen (secondary N) is 2. The summed E-state index contributed by atoms with van der Waals surface area (Å²) in [4.78, 5) is 46.5. The van der Waals surface area contributed by atoms with Crippen LogP contribution < -0.4 is 31.4 Å². The Balaban J connectivity index is 1.07. The third-order valence-corrected chi connectivity index (χ3v) is 5.25. The number of amides is 2. The molecule has 0 radical (unpaired) electrons. The van der Waals surface area contributed by atoms with Crippen molar-refractivity contribution in [2.45, 2.75) is 25.7 Å². The van der Waals surface area contributed by atoms with Crippen molar-refractivity contribution in [3.8, 4) is 11.5 Å². The monoisotopic (exact) mass is 492 g/mol. The predicted octanol–water partition coefficient (Wildman–Crippen LogP) is 4.34. The highest BCUT2D eigenvalue weighted by molar-refractivity contribution is 5.80. The molecular weight excluding hydrogens is 468 g/mol. The summed E-state index contributed by atoms with van der Waals surface area (Å²) in [6, 6.07) is 15.6. The van der Waals surface area contributed by atoms with E-state index in [1.54, 1.807) is 36.4 Å². The number of fused-ring (bicyclic) bond motifs is 2. The topological polar surface area (TPSA) is 137 Å². The van der Waals surface area contributed by atoms with E-state index in [-0.39, 0.29) is 11.5 Å². The number of hydrogen-bond donors (Lipinski definition) is 2. The maximum atomic E-state index is 12.0. The zero-order chi connectivity index (χ0) is 25.3. The van der Waals surface area contributed by atoms with Crippen LogP contribution in [-0.4, -0.2) is 25.3 Å². The lowest BCUT2D eigenvalue weighted by atomic mass is 10.2. The quantitative estimate of drug-likeness (QED) is 0.260. The lowest BCUT2D eigenvalue weighted by Gasteiger charge is -2.08. The normalized spacial score (nSPS) is 10.8. The first kappa shape index (κ1) is 24.5. The molecule has 0 bridgehead atoms. The lowest BCUT2D eigenvalue weighted by Crippen LogP contribution is -2.28. The first-order chi connectivity index (χ1) is 17.5. The van der Waals surface area contributed by atoms with Crippen LogP contribution in [0.25, 0.3) is 21.9 Å². The molecule has 0 atom stereocenters. The zero-order valence-corrected chi connectivity index (χ0v) is 19.3. The van der Waals surface area contributed by atoms with Crippen molar-refractivity contribution >= 4 is 34.1 Å². The molecule has 0 saturated carbocycles. The van der Waals surface area contributed by atoms with Gasteiger partial charge in [0.15, 0.2) is 0 Å². The summed E-state index contributed by atoms with van der Waals surface area (Å²) < 4.78 is 20.6. The van der Waals surface area contributed by atoms with Crippen LogP contribution >= 0.6 is 0 Å². The highest BCUT2D eigenvalue weighted by Crippen LogP contribution is 2.20. The summed E-state index contributed by atoms with van der Waals surface area (Å²) in [7, 11) is 0. The molecular formula is C26H24N2O8. The second-order valence-electron chi connectivity index (χ2n) is 7.95. The highest BCUT2D eigenvalue weighted by atomic mass is 16.6. The number of rotatable bonds is 9. The number of carbonyl (C=O) groups is 2. The maximum absolute atomic E-state index is 12.0. The average Bonchev–Trinajstić information content (AvgIpc) is 2.85. The maximum Gasteiger partial charge on any atom is 0.412 e. The average molecular weight is 492 g/mol. The Morgan fingerprint density at radius 1 is 0.611 bits per heavy atom. The molecule has 0 unspecified atom stereocenters. The third-order valence-electron chi connectivity index (χ3n) is 5.25. The molecule has 2 aromatic carbocycles. The second kappa shape index (κ2) is 11.7. The van der Waals surface area contributed by atoms with E-state index < -0.39 is 23.4 Å². The fraction of sp³-hybridized carbons (Fsp3) is 0.231. The molecule has 2 N–H and O–H groups in total. The van der Waals surface area contributed by atoms with Gasteiger partial charge >= 0.3 is 23.4 Å². The highest BCUT2D eigenvalue weighted by Gasteiger charge is 2.07. The summed E-state index contributed by atoms with van der Waals surface area (Å²) in [6.07, 6.45) is 2.00. The van der Waals surface area contributed by atoms with Gasteiger partial charge < -0.3 is 28.9 Å². The molecule has 2 aromatic heterocycles. The fourth-order valence-electron chi connectivity index (χ4n) is 3.48. The van der Waals surface area contributed by atoms with Gasteiger partial charge in [0.05, 0.1) is 0 Å². The van der Waals surface area contributed by atoms with Gasteiger partial charge in [0.2, 0.25) is 0 Å². The van der Waals surface area contributed by atoms with Crippen LogP contribution in [0.1, 0.15) is 25.7 Å². The molecule has 36 heavy (non-hydrogen) atoms. The van der Waals surface area contributed by atoms with Crippen molar-refractivity contribution in [3.05, 3.63) is 81.5 Å². The van der Waals surface area contributed by atoms with E-state index in [1.807, 2.05) is 0 Å². The smallest absolute Gasteiger partial charge is 0.412 e. The summed E-state index contributed by atoms with van der Waals surface area (Å²) in [5, 5.41) is 6.81. The van der Waals surface area contributed by atoms with Crippen LogP contribution in [0.2, 0.25) is 0 Å². The van der Waals surface area contributed by atoms with E-state index in [9.17, 15) is 19.2 Å². The standard InChI is InChI=1S/C26H24N2O8/c29-23-11-7-17-5-9-19(15-21(17)35-23)33-25(31)27-13-3-1-2-4-14-28-26(32)34-20-10-6-18-8-12-24(30)36-22(18)16-20/h5-12,15-16H,1-4,13-14H2,(H,27,31)(H,28,32). The molecule has 0 spiro atoms. The van der Waals surface area contributed by atoms with Gasteiger partial charge in [-0.3, -0.25) is 0 Å². The lowest BCUT2D eigenvalue weighted by molar-refractivity contribution is 0.198. The van der Waals surface area contributed by atoms with Crippen LogP contribution in [0.5, 0.6) is 11.5 Å². The Labute approximate surface area is 204 Å². The molecule has 0 aliphatic carbocycles. The Kier molecular flexibility index (Phi) is 7.97. The molecule has 0 saturated heterocycles. The molecule has 0 aliphatic heterocycles. The molecule has 4 aromatic rings. The first-order valence-electron chi connectivity index (χ1n) is 11.5. The Morgan fingerprint density at radius 3 is 1.47 bits per heavy atom. The van der Waals surface area contributed by atoms with Gasteiger partial charge in [0.25, 0.3) is 0 Å². The molecule has 2 amide bonds. The van der Waals surface area contributed by atoms with Crippen molar-refractivity contribution in [3.63, 3.8) is 0 Å². The Hall–Kier alpha value is -4.60. The zero-order valence-electron chi connectivity index (χ0n) is 19.3. The van der Waals surface area contributed by atoms with Gasteiger partial charge in [-0.05, 0) is 49.2 Å². The van der Waals surface area contributed by atoms with E-state index in [0.29, 0.717) is 24.3 Å². The van der Waals surface area contributed by atoms with E-state index in [4.69, 9.17) is 18.3 Å². The summed E-state index contributed by atoms with van der Waals surface area (Å²) in [5.74, 6) is 0.557. The van der Waals surface area contributed by atoms with Crippen molar-refractivity contribution in [1.82, 2.24) is 10.6 Å². The molecule has 186 valence electrons. The summed E-state index contributed by atoms with van der Waals surface area (Å²) in [5.41, 5.74) is -0.263. The Bertz CT molecular complexity index is 1380. The number of hydrogen-bond acceptors (Lipinski definition) is 8. The number of unbranched alkanes of at least 4 members (excludes halogenated alkanes) is 3. The van der Waals surface area contributed by atoms with E-state index in [1.165, 1.54) is 24.3 Å². The summed E-state index contributed by atoms with van der Waals surface area (Å²) >= 11 is 0. The van der Waals surface area contributed by atoms with Gasteiger partial charge in [-0.25, -0.2) is 19.2 Å². The molecule has 10 heteroatoms. The molecule has 10 nitrogen and oxygen atoms in total. The minimum absolute atomic E-state index is 0.278. The number of benzene rings is 2. The predicted molar refractivity (Wildman–Crippen MR) is 131 cm³/mol. The van der Waals surface area contributed by atoms with Gasteiger partial charge in [-0.2, -0.15) is 0 Å². The van der Waals surface area contributed by atoms with E-state index in [0.717, 1.165) is 36.5 Å². The van der Waals surface area contributed by atoms with Gasteiger partial charge in [0.1, 0.15) is 22.7 Å². The van der Waals surface area contributed by atoms with Crippen molar-refractivity contribution in [2.24, 2.45) is 0 Å². The van der Waals surface area contributed by atoms with Crippen molar-refractivity contribution in [2.75, 3.05) is 13.1 Å².